The molecule has 2 amide bonds. The molecule has 45 heavy (non-hydrogen) atoms. The number of hydrogen-bond acceptors (Lipinski definition) is 7. The number of piperazine rings is 2. The Balaban J connectivity index is 0.00000196. The van der Waals surface area contributed by atoms with Crippen LogP contribution in [0.3, 0.4) is 0 Å². The van der Waals surface area contributed by atoms with E-state index in [4.69, 9.17) is 0 Å². The maximum Gasteiger partial charge on any atom is 0.272 e. The summed E-state index contributed by atoms with van der Waals surface area (Å²) in [6, 6.07) is 11.7. The van der Waals surface area contributed by atoms with Crippen LogP contribution in [0.2, 0.25) is 0 Å². The van der Waals surface area contributed by atoms with Crippen molar-refractivity contribution in [2.24, 2.45) is 5.92 Å². The van der Waals surface area contributed by atoms with E-state index in [2.05, 4.69) is 25.3 Å². The summed E-state index contributed by atoms with van der Waals surface area (Å²) in [5, 5.41) is 11.4. The number of nitrogens with one attached hydrogen (secondary N) is 2. The standard InChI is InChI=1S/C32H40FN7O3.C2H6/c33-28-6-5-24(20-29-25-3-1-2-4-26(25)31(42)36-35-29)19-27(28)32(43)40-17-15-39(16-18-40)30(41)22-38-13-11-37(12-14-38)21-23-7-9-34-10-8-23;1-2/h1-6,19,23,34H,7-18,20-22H2,(H,36,42);1-2H3. The summed E-state index contributed by atoms with van der Waals surface area (Å²) in [7, 11) is 0. The molecule has 0 spiro atoms. The van der Waals surface area contributed by atoms with Gasteiger partial charge in [-0.2, -0.15) is 5.10 Å². The SMILES string of the molecule is CC.O=C(CN1CCN(CC2CCNCC2)CC1)N1CCN(C(=O)c2cc(Cc3n[nH]c(=O)c4ccccc34)ccc2F)CC1. The molecule has 2 aromatic carbocycles. The van der Waals surface area contributed by atoms with Crippen molar-refractivity contribution >= 4 is 22.6 Å². The third kappa shape index (κ3) is 8.14. The number of amides is 2. The summed E-state index contributed by atoms with van der Waals surface area (Å²) in [5.74, 6) is -0.0911. The summed E-state index contributed by atoms with van der Waals surface area (Å²) in [6.07, 6.45) is 2.83. The van der Waals surface area contributed by atoms with Crippen molar-refractivity contribution in [1.82, 2.24) is 35.1 Å². The number of hydrogen-bond donors (Lipinski definition) is 2. The van der Waals surface area contributed by atoms with E-state index < -0.39 is 5.82 Å². The van der Waals surface area contributed by atoms with Crippen LogP contribution in [0.15, 0.2) is 47.3 Å². The number of halogens is 1. The average Bonchev–Trinajstić information content (AvgIpc) is 3.09. The van der Waals surface area contributed by atoms with Crippen LogP contribution >= 0.6 is 0 Å². The van der Waals surface area contributed by atoms with Gasteiger partial charge in [0.2, 0.25) is 5.91 Å². The Bertz CT molecular complexity index is 1510. The van der Waals surface area contributed by atoms with Crippen LogP contribution in [-0.4, -0.2) is 120 Å². The van der Waals surface area contributed by atoms with Gasteiger partial charge in [-0.1, -0.05) is 38.1 Å². The maximum absolute atomic E-state index is 14.9. The average molecular weight is 620 g/mol. The van der Waals surface area contributed by atoms with E-state index in [-0.39, 0.29) is 22.9 Å². The van der Waals surface area contributed by atoms with E-state index in [1.165, 1.54) is 18.9 Å². The molecule has 3 aromatic rings. The Hall–Kier alpha value is -3.67. The summed E-state index contributed by atoms with van der Waals surface area (Å²) in [5.41, 5.74) is 1.11. The first-order chi connectivity index (χ1) is 21.9. The number of carbonyl (C=O) groups is 2. The highest BCUT2D eigenvalue weighted by molar-refractivity contribution is 5.95. The zero-order chi connectivity index (χ0) is 31.8. The zero-order valence-corrected chi connectivity index (χ0v) is 26.6. The number of H-pyrrole nitrogens is 1. The van der Waals surface area contributed by atoms with Crippen molar-refractivity contribution in [1.29, 1.82) is 0 Å². The number of aromatic nitrogens is 2. The second kappa shape index (κ2) is 15.6. The largest absolute Gasteiger partial charge is 0.338 e. The zero-order valence-electron chi connectivity index (χ0n) is 26.6. The van der Waals surface area contributed by atoms with Crippen LogP contribution in [0.4, 0.5) is 4.39 Å². The fourth-order valence-electron chi connectivity index (χ4n) is 6.53. The van der Waals surface area contributed by atoms with Crippen molar-refractivity contribution < 1.29 is 14.0 Å². The molecule has 3 saturated heterocycles. The number of fused-ring (bicyclic) bond motifs is 1. The normalized spacial score (nSPS) is 18.5. The summed E-state index contributed by atoms with van der Waals surface area (Å²) < 4.78 is 14.9. The number of aromatic amines is 1. The second-order valence-corrected chi connectivity index (χ2v) is 12.0. The van der Waals surface area contributed by atoms with E-state index in [0.717, 1.165) is 62.7 Å². The van der Waals surface area contributed by atoms with Crippen LogP contribution in [0.25, 0.3) is 10.8 Å². The molecule has 242 valence electrons. The first-order valence-corrected chi connectivity index (χ1v) is 16.4. The summed E-state index contributed by atoms with van der Waals surface area (Å²) in [6.45, 7) is 13.2. The molecule has 10 nitrogen and oxygen atoms in total. The molecule has 0 bridgehead atoms. The minimum Gasteiger partial charge on any atom is -0.338 e. The molecule has 1 aromatic heterocycles. The maximum atomic E-state index is 14.9. The molecule has 0 unspecified atom stereocenters. The molecule has 6 rings (SSSR count). The number of piperidine rings is 1. The molecule has 4 heterocycles. The van der Waals surface area contributed by atoms with Gasteiger partial charge >= 0.3 is 0 Å². The lowest BCUT2D eigenvalue weighted by Gasteiger charge is -2.39. The highest BCUT2D eigenvalue weighted by atomic mass is 19.1. The van der Waals surface area contributed by atoms with Gasteiger partial charge in [-0.25, -0.2) is 9.49 Å². The molecule has 0 saturated carbocycles. The summed E-state index contributed by atoms with van der Waals surface area (Å²) in [4.78, 5) is 46.8. The molecular weight excluding hydrogens is 573 g/mol. The van der Waals surface area contributed by atoms with E-state index in [1.807, 2.05) is 30.9 Å². The smallest absolute Gasteiger partial charge is 0.272 e. The molecule has 3 aliphatic rings. The molecule has 3 fully saturated rings. The van der Waals surface area contributed by atoms with Gasteiger partial charge < -0.3 is 20.0 Å². The van der Waals surface area contributed by atoms with E-state index >= 15 is 0 Å². The van der Waals surface area contributed by atoms with Crippen LogP contribution in [-0.2, 0) is 11.2 Å². The fraction of sp³-hybridized carbons (Fsp3) is 0.529. The van der Waals surface area contributed by atoms with Gasteiger partial charge in [0.1, 0.15) is 5.82 Å². The van der Waals surface area contributed by atoms with Gasteiger partial charge in [0.25, 0.3) is 11.5 Å². The topological polar surface area (TPSA) is 105 Å². The molecule has 0 aliphatic carbocycles. The molecule has 0 atom stereocenters. The Morgan fingerprint density at radius 1 is 0.867 bits per heavy atom. The van der Waals surface area contributed by atoms with Crippen molar-refractivity contribution in [3.63, 3.8) is 0 Å². The van der Waals surface area contributed by atoms with Gasteiger partial charge in [-0.3, -0.25) is 19.3 Å². The Labute approximate surface area is 264 Å². The quantitative estimate of drug-likeness (QED) is 0.419. The minimum atomic E-state index is -0.578. The first-order valence-electron chi connectivity index (χ1n) is 16.4. The first kappa shape index (κ1) is 32.7. The lowest BCUT2D eigenvalue weighted by Crippen LogP contribution is -2.55. The highest BCUT2D eigenvalue weighted by Gasteiger charge is 2.29. The Morgan fingerprint density at radius 3 is 2.22 bits per heavy atom. The third-order valence-corrected chi connectivity index (χ3v) is 9.13. The lowest BCUT2D eigenvalue weighted by atomic mass is 9.97. The van der Waals surface area contributed by atoms with Crippen LogP contribution in [0.5, 0.6) is 0 Å². The monoisotopic (exact) mass is 619 g/mol. The van der Waals surface area contributed by atoms with Gasteiger partial charge in [-0.05, 0) is 55.6 Å². The minimum absolute atomic E-state index is 0.00775. The molecule has 11 heteroatoms. The number of benzene rings is 2. The third-order valence-electron chi connectivity index (χ3n) is 9.13. The van der Waals surface area contributed by atoms with E-state index in [0.29, 0.717) is 50.2 Å². The van der Waals surface area contributed by atoms with Crippen molar-refractivity contribution in [3.8, 4) is 0 Å². The molecule has 3 aliphatic heterocycles. The van der Waals surface area contributed by atoms with Crippen LogP contribution in [0.1, 0.15) is 48.3 Å². The van der Waals surface area contributed by atoms with Crippen LogP contribution in [0, 0.1) is 11.7 Å². The predicted molar refractivity (Wildman–Crippen MR) is 174 cm³/mol. The number of rotatable bonds is 7. The van der Waals surface area contributed by atoms with Crippen LogP contribution < -0.4 is 10.9 Å². The summed E-state index contributed by atoms with van der Waals surface area (Å²) >= 11 is 0. The van der Waals surface area contributed by atoms with Gasteiger partial charge in [0, 0.05) is 70.7 Å². The molecule has 2 N–H and O–H groups in total. The lowest BCUT2D eigenvalue weighted by molar-refractivity contribution is -0.134. The van der Waals surface area contributed by atoms with Gasteiger partial charge in [-0.15, -0.1) is 0 Å². The van der Waals surface area contributed by atoms with Crippen molar-refractivity contribution in [3.05, 3.63) is 75.5 Å². The number of nitrogens with zero attached hydrogens (tertiary/aromatic N) is 5. The predicted octanol–water partition coefficient (Wildman–Crippen LogP) is 2.58. The number of carbonyl (C=O) groups excluding carboxylic acids is 2. The highest BCUT2D eigenvalue weighted by Crippen LogP contribution is 2.20. The van der Waals surface area contributed by atoms with E-state index in [1.54, 1.807) is 29.2 Å². The Kier molecular flexibility index (Phi) is 11.3. The fourth-order valence-corrected chi connectivity index (χ4v) is 6.53. The second-order valence-electron chi connectivity index (χ2n) is 12.0. The Morgan fingerprint density at radius 2 is 1.51 bits per heavy atom. The van der Waals surface area contributed by atoms with E-state index in [9.17, 15) is 18.8 Å². The van der Waals surface area contributed by atoms with Crippen molar-refractivity contribution in [2.75, 3.05) is 78.5 Å². The van der Waals surface area contributed by atoms with Crippen molar-refractivity contribution in [2.45, 2.75) is 33.1 Å². The molecule has 0 radical (unpaired) electrons. The molecular formula is C34H46FN7O3. The van der Waals surface area contributed by atoms with Gasteiger partial charge in [0.15, 0.2) is 0 Å². The van der Waals surface area contributed by atoms with Gasteiger partial charge in [0.05, 0.1) is 23.2 Å².